The van der Waals surface area contributed by atoms with Crippen LogP contribution in [0.2, 0.25) is 0 Å². The largest absolute Gasteiger partial charge is 0.453 e. The number of aryl methyl sites for hydroxylation is 1. The number of nitrogens with one attached hydrogen (secondary N) is 2. The van der Waals surface area contributed by atoms with Crippen LogP contribution in [0.1, 0.15) is 18.1 Å². The normalized spacial score (nSPS) is 10.7. The maximum absolute atomic E-state index is 15.0. The van der Waals surface area contributed by atoms with E-state index < -0.39 is 5.82 Å². The molecule has 0 unspecified atom stereocenters. The third-order valence-electron chi connectivity index (χ3n) is 5.81. The maximum atomic E-state index is 15.0. The van der Waals surface area contributed by atoms with Crippen LogP contribution in [-0.2, 0) is 17.8 Å². The second-order valence-electron chi connectivity index (χ2n) is 8.45. The summed E-state index contributed by atoms with van der Waals surface area (Å²) in [6.07, 6.45) is 10.9. The number of carbonyl (C=O) groups is 1. The Balaban J connectivity index is 1.26. The molecule has 0 radical (unpaired) electrons. The third-order valence-corrected chi connectivity index (χ3v) is 7.18. The van der Waals surface area contributed by atoms with Crippen molar-refractivity contribution in [2.24, 2.45) is 0 Å². The maximum Gasteiger partial charge on any atom is 0.230 e. The number of hydrogen-bond donors (Lipinski definition) is 2. The Morgan fingerprint density at radius 3 is 2.79 bits per heavy atom. The molecule has 1 amide bonds. The van der Waals surface area contributed by atoms with Gasteiger partial charge in [0.15, 0.2) is 16.7 Å². The van der Waals surface area contributed by atoms with Gasteiger partial charge in [-0.1, -0.05) is 24.1 Å². The van der Waals surface area contributed by atoms with Gasteiger partial charge in [-0.15, -0.1) is 17.8 Å². The number of anilines is 1. The van der Waals surface area contributed by atoms with Gasteiger partial charge in [-0.05, 0) is 49.0 Å². The summed E-state index contributed by atoms with van der Waals surface area (Å²) in [5.74, 6) is 2.15. The predicted octanol–water partition coefficient (Wildman–Crippen LogP) is 6.15. The van der Waals surface area contributed by atoms with E-state index in [-0.39, 0.29) is 23.2 Å². The highest BCUT2D eigenvalue weighted by Gasteiger charge is 2.15. The van der Waals surface area contributed by atoms with E-state index in [2.05, 4.69) is 26.5 Å². The van der Waals surface area contributed by atoms with E-state index in [1.54, 1.807) is 36.8 Å². The third kappa shape index (κ3) is 5.95. The Morgan fingerprint density at radius 2 is 2.03 bits per heavy atom. The molecule has 0 fully saturated rings. The van der Waals surface area contributed by atoms with Crippen LogP contribution in [0.25, 0.3) is 20.8 Å². The molecule has 0 bridgehead atoms. The van der Waals surface area contributed by atoms with Crippen LogP contribution in [-0.4, -0.2) is 25.6 Å². The number of thiophene rings is 1. The van der Waals surface area contributed by atoms with E-state index in [1.807, 2.05) is 35.9 Å². The van der Waals surface area contributed by atoms with Gasteiger partial charge in [0, 0.05) is 42.3 Å². The molecular formula is C29H22FN5O2S2. The minimum Gasteiger partial charge on any atom is -0.453 e. The highest BCUT2D eigenvalue weighted by Crippen LogP contribution is 2.39. The Hall–Kier alpha value is -4.59. The molecule has 0 aliphatic rings. The lowest BCUT2D eigenvalue weighted by Gasteiger charge is -2.12. The fourth-order valence-corrected chi connectivity index (χ4v) is 5.14. The average Bonchev–Trinajstić information content (AvgIpc) is 3.58. The van der Waals surface area contributed by atoms with Crippen molar-refractivity contribution in [3.63, 3.8) is 0 Å². The van der Waals surface area contributed by atoms with Gasteiger partial charge < -0.3 is 19.9 Å². The fraction of sp³-hybridized carbons (Fsp3) is 0.103. The zero-order valence-electron chi connectivity index (χ0n) is 20.8. The SMILES string of the molecule is C#Cc1ccccc1CC(=O)NC(=S)Nc1ccc(Oc2ccnc3cc(-c4cn(CC)cn4)sc23)c(F)c1. The van der Waals surface area contributed by atoms with Gasteiger partial charge in [0.25, 0.3) is 0 Å². The number of nitrogens with zero attached hydrogens (tertiary/aromatic N) is 3. The van der Waals surface area contributed by atoms with Gasteiger partial charge in [0.05, 0.1) is 33.5 Å². The van der Waals surface area contributed by atoms with Crippen LogP contribution in [0.5, 0.6) is 11.5 Å². The minimum absolute atomic E-state index is 0.0405. The van der Waals surface area contributed by atoms with E-state index >= 15 is 0 Å². The first-order valence-electron chi connectivity index (χ1n) is 12.0. The second-order valence-corrected chi connectivity index (χ2v) is 9.91. The zero-order valence-corrected chi connectivity index (χ0v) is 22.4. The summed E-state index contributed by atoms with van der Waals surface area (Å²) in [6.45, 7) is 2.87. The summed E-state index contributed by atoms with van der Waals surface area (Å²) in [6, 6.07) is 15.2. The highest BCUT2D eigenvalue weighted by molar-refractivity contribution is 7.80. The smallest absolute Gasteiger partial charge is 0.230 e. The first-order chi connectivity index (χ1) is 18.9. The second kappa shape index (κ2) is 11.4. The van der Waals surface area contributed by atoms with Crippen LogP contribution in [0.4, 0.5) is 10.1 Å². The van der Waals surface area contributed by atoms with Crippen molar-refractivity contribution >= 4 is 50.5 Å². The molecule has 0 saturated heterocycles. The average molecular weight is 556 g/mol. The van der Waals surface area contributed by atoms with Gasteiger partial charge in [0.1, 0.15) is 5.75 Å². The predicted molar refractivity (Wildman–Crippen MR) is 155 cm³/mol. The summed E-state index contributed by atoms with van der Waals surface area (Å²) in [7, 11) is 0. The fourth-order valence-electron chi connectivity index (χ4n) is 3.88. The van der Waals surface area contributed by atoms with Crippen LogP contribution in [0.15, 0.2) is 73.3 Å². The van der Waals surface area contributed by atoms with Gasteiger partial charge in [0.2, 0.25) is 5.91 Å². The van der Waals surface area contributed by atoms with Crippen molar-refractivity contribution in [3.8, 4) is 34.4 Å². The van der Waals surface area contributed by atoms with Crippen LogP contribution >= 0.6 is 23.6 Å². The molecule has 2 aromatic carbocycles. The number of hydrogen-bond acceptors (Lipinski definition) is 6. The molecule has 5 aromatic rings. The van der Waals surface area contributed by atoms with Crippen molar-refractivity contribution in [3.05, 3.63) is 90.3 Å². The van der Waals surface area contributed by atoms with E-state index in [0.717, 1.165) is 27.3 Å². The van der Waals surface area contributed by atoms with E-state index in [0.29, 0.717) is 22.6 Å². The van der Waals surface area contributed by atoms with E-state index in [4.69, 9.17) is 23.4 Å². The molecule has 3 aromatic heterocycles. The van der Waals surface area contributed by atoms with Crippen molar-refractivity contribution in [1.82, 2.24) is 19.9 Å². The first-order valence-corrected chi connectivity index (χ1v) is 13.2. The number of carbonyl (C=O) groups excluding carboxylic acids is 1. The number of pyridine rings is 1. The number of halogens is 1. The lowest BCUT2D eigenvalue weighted by atomic mass is 10.1. The molecule has 0 atom stereocenters. The molecule has 0 saturated carbocycles. The summed E-state index contributed by atoms with van der Waals surface area (Å²) < 4.78 is 23.7. The number of imidazole rings is 1. The number of benzene rings is 2. The lowest BCUT2D eigenvalue weighted by molar-refractivity contribution is -0.119. The van der Waals surface area contributed by atoms with Crippen molar-refractivity contribution < 1.29 is 13.9 Å². The standard InChI is InChI=1S/C29H22FN5O2S2/c1-3-18-7-5-6-8-19(18)13-27(36)34-29(38)33-20-9-10-24(21(30)14-20)37-25-11-12-31-22-15-26(39-28(22)25)23-16-35(4-2)17-32-23/h1,5-12,14-17H,4,13H2,2H3,(H2,33,34,36,38). The van der Waals surface area contributed by atoms with Crippen LogP contribution < -0.4 is 15.4 Å². The topological polar surface area (TPSA) is 81.1 Å². The lowest BCUT2D eigenvalue weighted by Crippen LogP contribution is -2.35. The Kier molecular flexibility index (Phi) is 7.63. The van der Waals surface area contributed by atoms with Crippen molar-refractivity contribution in [2.75, 3.05) is 5.32 Å². The van der Waals surface area contributed by atoms with Gasteiger partial charge in [-0.2, -0.15) is 0 Å². The molecule has 10 heteroatoms. The van der Waals surface area contributed by atoms with Crippen LogP contribution in [0.3, 0.4) is 0 Å². The van der Waals surface area contributed by atoms with Gasteiger partial charge >= 0.3 is 0 Å². The molecule has 2 N–H and O–H groups in total. The molecule has 0 spiro atoms. The summed E-state index contributed by atoms with van der Waals surface area (Å²) in [5, 5.41) is 5.45. The highest BCUT2D eigenvalue weighted by atomic mass is 32.1. The number of fused-ring (bicyclic) bond motifs is 1. The first kappa shape index (κ1) is 26.0. The molecular weight excluding hydrogens is 533 g/mol. The number of rotatable bonds is 7. The van der Waals surface area contributed by atoms with Gasteiger partial charge in [-0.3, -0.25) is 9.78 Å². The Morgan fingerprint density at radius 1 is 1.18 bits per heavy atom. The summed E-state index contributed by atoms with van der Waals surface area (Å²) in [4.78, 5) is 22.2. The monoisotopic (exact) mass is 555 g/mol. The molecule has 194 valence electrons. The number of thiocarbonyl (C=S) groups is 1. The molecule has 5 rings (SSSR count). The van der Waals surface area contributed by atoms with E-state index in [1.165, 1.54) is 23.5 Å². The Bertz CT molecular complexity index is 1740. The number of terminal acetylenes is 1. The molecule has 0 aliphatic carbocycles. The molecule has 39 heavy (non-hydrogen) atoms. The summed E-state index contributed by atoms with van der Waals surface area (Å²) >= 11 is 6.71. The van der Waals surface area contributed by atoms with E-state index in [9.17, 15) is 9.18 Å². The Labute approximate surface area is 233 Å². The quantitative estimate of drug-likeness (QED) is 0.185. The number of amides is 1. The molecule has 3 heterocycles. The number of aromatic nitrogens is 3. The van der Waals surface area contributed by atoms with Crippen molar-refractivity contribution in [2.45, 2.75) is 19.9 Å². The van der Waals surface area contributed by atoms with Crippen LogP contribution in [0, 0.1) is 18.2 Å². The number of ether oxygens (including phenoxy) is 1. The summed E-state index contributed by atoms with van der Waals surface area (Å²) in [5.41, 5.74) is 3.30. The molecule has 0 aliphatic heterocycles. The molecule has 7 nitrogen and oxygen atoms in total. The van der Waals surface area contributed by atoms with Gasteiger partial charge in [-0.25, -0.2) is 9.37 Å². The minimum atomic E-state index is -0.597. The zero-order chi connectivity index (χ0) is 27.4. The van der Waals surface area contributed by atoms with Crippen molar-refractivity contribution in [1.29, 1.82) is 0 Å².